The van der Waals surface area contributed by atoms with Crippen molar-refractivity contribution in [3.8, 4) is 0 Å². The molecule has 0 saturated heterocycles. The Bertz CT molecular complexity index is 310. The Hall–Kier alpha value is -0.580. The van der Waals surface area contributed by atoms with E-state index in [1.165, 1.54) is 11.3 Å². The maximum atomic E-state index is 11.5. The first-order valence-electron chi connectivity index (χ1n) is 4.34. The summed E-state index contributed by atoms with van der Waals surface area (Å²) in [6, 6.07) is 3.18. The average molecular weight is 234 g/mol. The molecule has 0 saturated carbocycles. The maximum Gasteiger partial charge on any atom is 0.261 e. The third-order valence-electron chi connectivity index (χ3n) is 1.85. The van der Waals surface area contributed by atoms with E-state index in [2.05, 4.69) is 5.32 Å². The van der Waals surface area contributed by atoms with Crippen LogP contribution in [-0.2, 0) is 0 Å². The Labute approximate surface area is 91.7 Å². The second-order valence-corrected chi connectivity index (χ2v) is 4.58. The smallest absolute Gasteiger partial charge is 0.261 e. The van der Waals surface area contributed by atoms with Crippen molar-refractivity contribution >= 4 is 28.8 Å². The predicted molar refractivity (Wildman–Crippen MR) is 58.0 cm³/mol. The molecule has 2 N–H and O–H groups in total. The van der Waals surface area contributed by atoms with Crippen LogP contribution >= 0.6 is 22.9 Å². The number of aliphatic hydroxyl groups is 1. The lowest BCUT2D eigenvalue weighted by Crippen LogP contribution is -2.36. The van der Waals surface area contributed by atoms with Gasteiger partial charge in [0.25, 0.3) is 5.91 Å². The van der Waals surface area contributed by atoms with Crippen molar-refractivity contribution in [3.63, 3.8) is 0 Å². The van der Waals surface area contributed by atoms with E-state index in [1.54, 1.807) is 12.1 Å². The zero-order valence-electron chi connectivity index (χ0n) is 7.79. The first-order valence-corrected chi connectivity index (χ1v) is 5.54. The molecule has 14 heavy (non-hydrogen) atoms. The van der Waals surface area contributed by atoms with Gasteiger partial charge in [-0.2, -0.15) is 0 Å². The topological polar surface area (TPSA) is 49.3 Å². The molecule has 0 bridgehead atoms. The molecular formula is C9H12ClNO2S. The third-order valence-corrected chi connectivity index (χ3v) is 3.08. The van der Waals surface area contributed by atoms with Crippen molar-refractivity contribution in [1.29, 1.82) is 0 Å². The zero-order chi connectivity index (χ0) is 10.6. The molecule has 0 aliphatic heterocycles. The molecule has 1 rings (SSSR count). The van der Waals surface area contributed by atoms with Crippen LogP contribution in [0.1, 0.15) is 23.0 Å². The SMILES string of the molecule is CC[C@@H](CO)NC(=O)c1ccc(Cl)s1. The lowest BCUT2D eigenvalue weighted by Gasteiger charge is -2.12. The first-order chi connectivity index (χ1) is 6.67. The molecule has 1 atom stereocenters. The minimum absolute atomic E-state index is 0.0403. The standard InChI is InChI=1S/C9H12ClNO2S/c1-2-6(5-12)11-9(13)7-3-4-8(10)14-7/h3-4,6,12H,2,5H2,1H3,(H,11,13)/t6-/m0/s1. The van der Waals surface area contributed by atoms with Gasteiger partial charge < -0.3 is 10.4 Å². The molecule has 0 fully saturated rings. The quantitative estimate of drug-likeness (QED) is 0.835. The number of thiophene rings is 1. The van der Waals surface area contributed by atoms with E-state index in [0.717, 1.165) is 0 Å². The molecule has 1 aromatic rings. The second-order valence-electron chi connectivity index (χ2n) is 2.86. The van der Waals surface area contributed by atoms with E-state index in [-0.39, 0.29) is 18.6 Å². The largest absolute Gasteiger partial charge is 0.394 e. The van der Waals surface area contributed by atoms with Crippen LogP contribution in [0.3, 0.4) is 0 Å². The van der Waals surface area contributed by atoms with Crippen LogP contribution in [-0.4, -0.2) is 23.7 Å². The number of rotatable bonds is 4. The summed E-state index contributed by atoms with van der Waals surface area (Å²) in [5, 5.41) is 11.6. The van der Waals surface area contributed by atoms with Gasteiger partial charge in [-0.1, -0.05) is 18.5 Å². The van der Waals surface area contributed by atoms with Crippen molar-refractivity contribution in [1.82, 2.24) is 5.32 Å². The molecule has 1 aromatic heterocycles. The van der Waals surface area contributed by atoms with Gasteiger partial charge in [-0.15, -0.1) is 11.3 Å². The molecule has 0 aromatic carbocycles. The van der Waals surface area contributed by atoms with Gasteiger partial charge in [0, 0.05) is 0 Å². The third kappa shape index (κ3) is 2.97. The Balaban J connectivity index is 2.58. The number of carbonyl (C=O) groups is 1. The van der Waals surface area contributed by atoms with Gasteiger partial charge in [0.2, 0.25) is 0 Å². The molecule has 3 nitrogen and oxygen atoms in total. The summed E-state index contributed by atoms with van der Waals surface area (Å²) in [5.74, 6) is -0.178. The highest BCUT2D eigenvalue weighted by atomic mass is 35.5. The van der Waals surface area contributed by atoms with Crippen LogP contribution < -0.4 is 5.32 Å². The summed E-state index contributed by atoms with van der Waals surface area (Å²) >= 11 is 6.93. The molecular weight excluding hydrogens is 222 g/mol. The van der Waals surface area contributed by atoms with Crippen LogP contribution in [0.2, 0.25) is 4.34 Å². The van der Waals surface area contributed by atoms with E-state index in [9.17, 15) is 4.79 Å². The van der Waals surface area contributed by atoms with Gasteiger partial charge in [-0.3, -0.25) is 4.79 Å². The number of halogens is 1. The van der Waals surface area contributed by atoms with Crippen LogP contribution in [0, 0.1) is 0 Å². The number of carbonyl (C=O) groups excluding carboxylic acids is 1. The molecule has 1 amide bonds. The number of hydrogen-bond donors (Lipinski definition) is 2. The molecule has 0 aliphatic carbocycles. The lowest BCUT2D eigenvalue weighted by molar-refractivity contribution is 0.0919. The normalized spacial score (nSPS) is 12.5. The predicted octanol–water partition coefficient (Wildman–Crippen LogP) is 1.90. The van der Waals surface area contributed by atoms with E-state index in [4.69, 9.17) is 16.7 Å². The van der Waals surface area contributed by atoms with Crippen LogP contribution in [0.4, 0.5) is 0 Å². The second kappa shape index (κ2) is 5.34. The van der Waals surface area contributed by atoms with Crippen LogP contribution in [0.25, 0.3) is 0 Å². The molecule has 0 spiro atoms. The maximum absolute atomic E-state index is 11.5. The fourth-order valence-electron chi connectivity index (χ4n) is 0.970. The lowest BCUT2D eigenvalue weighted by atomic mass is 10.2. The van der Waals surface area contributed by atoms with E-state index in [0.29, 0.717) is 15.6 Å². The Kier molecular flexibility index (Phi) is 4.38. The molecule has 0 unspecified atom stereocenters. The summed E-state index contributed by atoms with van der Waals surface area (Å²) in [7, 11) is 0. The highest BCUT2D eigenvalue weighted by molar-refractivity contribution is 7.17. The zero-order valence-corrected chi connectivity index (χ0v) is 9.36. The van der Waals surface area contributed by atoms with Gasteiger partial charge in [0.1, 0.15) is 0 Å². The van der Waals surface area contributed by atoms with Gasteiger partial charge >= 0.3 is 0 Å². The van der Waals surface area contributed by atoms with Crippen LogP contribution in [0.5, 0.6) is 0 Å². The van der Waals surface area contributed by atoms with Crippen molar-refractivity contribution in [2.45, 2.75) is 19.4 Å². The monoisotopic (exact) mass is 233 g/mol. The number of aliphatic hydroxyl groups excluding tert-OH is 1. The van der Waals surface area contributed by atoms with Gasteiger partial charge in [-0.25, -0.2) is 0 Å². The van der Waals surface area contributed by atoms with Crippen LogP contribution in [0.15, 0.2) is 12.1 Å². The number of hydrogen-bond acceptors (Lipinski definition) is 3. The minimum atomic E-state index is -0.178. The Morgan fingerprint density at radius 2 is 2.43 bits per heavy atom. The summed E-state index contributed by atoms with van der Waals surface area (Å²) in [6.45, 7) is 1.86. The highest BCUT2D eigenvalue weighted by Gasteiger charge is 2.12. The van der Waals surface area contributed by atoms with Gasteiger partial charge in [0.05, 0.1) is 21.9 Å². The average Bonchev–Trinajstić information content (AvgIpc) is 2.61. The summed E-state index contributed by atoms with van der Waals surface area (Å²) in [6.07, 6.45) is 0.710. The van der Waals surface area contributed by atoms with E-state index in [1.807, 2.05) is 6.92 Å². The van der Waals surface area contributed by atoms with Crippen molar-refractivity contribution in [2.75, 3.05) is 6.61 Å². The van der Waals surface area contributed by atoms with Gasteiger partial charge in [-0.05, 0) is 18.6 Å². The summed E-state index contributed by atoms with van der Waals surface area (Å²) < 4.78 is 0.590. The Morgan fingerprint density at radius 1 is 1.71 bits per heavy atom. The highest BCUT2D eigenvalue weighted by Crippen LogP contribution is 2.21. The van der Waals surface area contributed by atoms with Crippen molar-refractivity contribution in [3.05, 3.63) is 21.3 Å². The summed E-state index contributed by atoms with van der Waals surface area (Å²) in [4.78, 5) is 12.1. The minimum Gasteiger partial charge on any atom is -0.394 e. The first kappa shape index (κ1) is 11.5. The fraction of sp³-hybridized carbons (Fsp3) is 0.444. The molecule has 78 valence electrons. The number of nitrogens with one attached hydrogen (secondary N) is 1. The molecule has 1 heterocycles. The van der Waals surface area contributed by atoms with Crippen molar-refractivity contribution in [2.24, 2.45) is 0 Å². The number of amides is 1. The van der Waals surface area contributed by atoms with Crippen molar-refractivity contribution < 1.29 is 9.90 Å². The van der Waals surface area contributed by atoms with E-state index < -0.39 is 0 Å². The Morgan fingerprint density at radius 3 is 2.86 bits per heavy atom. The summed E-state index contributed by atoms with van der Waals surface area (Å²) in [5.41, 5.74) is 0. The molecule has 0 aliphatic rings. The fourth-order valence-corrected chi connectivity index (χ4v) is 1.92. The van der Waals surface area contributed by atoms with Gasteiger partial charge in [0.15, 0.2) is 0 Å². The molecule has 5 heteroatoms. The van der Waals surface area contributed by atoms with E-state index >= 15 is 0 Å². The molecule has 0 radical (unpaired) electrons.